The SMILES string of the molecule is Cc1cccc(CC(=O)N2CC(N3CCc4sccc4C3)C2)c1. The van der Waals surface area contributed by atoms with E-state index >= 15 is 0 Å². The maximum Gasteiger partial charge on any atom is 0.227 e. The molecule has 1 aromatic carbocycles. The summed E-state index contributed by atoms with van der Waals surface area (Å²) in [5, 5.41) is 2.20. The summed E-state index contributed by atoms with van der Waals surface area (Å²) < 4.78 is 0. The number of benzene rings is 1. The Kier molecular flexibility index (Phi) is 3.95. The summed E-state index contributed by atoms with van der Waals surface area (Å²) in [7, 11) is 0. The number of rotatable bonds is 3. The Morgan fingerprint density at radius 3 is 3.00 bits per heavy atom. The van der Waals surface area contributed by atoms with Gasteiger partial charge in [-0.05, 0) is 35.9 Å². The van der Waals surface area contributed by atoms with Gasteiger partial charge < -0.3 is 4.90 Å². The highest BCUT2D eigenvalue weighted by Gasteiger charge is 2.35. The van der Waals surface area contributed by atoms with Gasteiger partial charge in [0.15, 0.2) is 0 Å². The molecule has 0 aliphatic carbocycles. The fourth-order valence-corrected chi connectivity index (χ4v) is 4.47. The van der Waals surface area contributed by atoms with Crippen LogP contribution < -0.4 is 0 Å². The molecular weight excluding hydrogens is 304 g/mol. The number of fused-ring (bicyclic) bond motifs is 1. The van der Waals surface area contributed by atoms with Gasteiger partial charge in [0, 0.05) is 37.1 Å². The molecular formula is C19H22N2OS. The third-order valence-corrected chi connectivity index (χ3v) is 6.03. The number of hydrogen-bond acceptors (Lipinski definition) is 3. The van der Waals surface area contributed by atoms with Crippen LogP contribution in [0.5, 0.6) is 0 Å². The number of likely N-dealkylation sites (tertiary alicyclic amines) is 1. The first-order chi connectivity index (χ1) is 11.2. The second-order valence-electron chi connectivity index (χ2n) is 6.71. The highest BCUT2D eigenvalue weighted by atomic mass is 32.1. The van der Waals surface area contributed by atoms with Crippen LogP contribution in [0.3, 0.4) is 0 Å². The number of nitrogens with zero attached hydrogens (tertiary/aromatic N) is 2. The van der Waals surface area contributed by atoms with Gasteiger partial charge in [0.1, 0.15) is 0 Å². The van der Waals surface area contributed by atoms with Gasteiger partial charge in [-0.1, -0.05) is 29.8 Å². The molecule has 0 saturated carbocycles. The molecule has 0 N–H and O–H groups in total. The fourth-order valence-electron chi connectivity index (χ4n) is 3.58. The van der Waals surface area contributed by atoms with E-state index in [2.05, 4.69) is 35.4 Å². The zero-order chi connectivity index (χ0) is 15.8. The van der Waals surface area contributed by atoms with Crippen LogP contribution in [0.15, 0.2) is 35.7 Å². The summed E-state index contributed by atoms with van der Waals surface area (Å²) in [4.78, 5) is 18.5. The van der Waals surface area contributed by atoms with Gasteiger partial charge in [-0.25, -0.2) is 0 Å². The van der Waals surface area contributed by atoms with Crippen LogP contribution in [-0.4, -0.2) is 41.4 Å². The number of amides is 1. The second kappa shape index (κ2) is 6.10. The Bertz CT molecular complexity index is 718. The van der Waals surface area contributed by atoms with E-state index in [-0.39, 0.29) is 5.91 Å². The number of hydrogen-bond donors (Lipinski definition) is 0. The number of carbonyl (C=O) groups excluding carboxylic acids is 1. The van der Waals surface area contributed by atoms with E-state index in [9.17, 15) is 4.79 Å². The molecule has 0 bridgehead atoms. The minimum absolute atomic E-state index is 0.264. The van der Waals surface area contributed by atoms with Gasteiger partial charge in [0.2, 0.25) is 5.91 Å². The molecule has 4 heteroatoms. The Balaban J connectivity index is 1.30. The summed E-state index contributed by atoms with van der Waals surface area (Å²) >= 11 is 1.88. The van der Waals surface area contributed by atoms with Crippen molar-refractivity contribution in [2.45, 2.75) is 32.4 Å². The molecule has 2 aliphatic heterocycles. The predicted molar refractivity (Wildman–Crippen MR) is 93.7 cm³/mol. The van der Waals surface area contributed by atoms with E-state index in [4.69, 9.17) is 0 Å². The van der Waals surface area contributed by atoms with Gasteiger partial charge in [0.05, 0.1) is 6.42 Å². The molecule has 0 spiro atoms. The molecule has 0 unspecified atom stereocenters. The molecule has 1 saturated heterocycles. The molecule has 23 heavy (non-hydrogen) atoms. The molecule has 2 aliphatic rings. The number of carbonyl (C=O) groups is 1. The average Bonchev–Trinajstić information content (AvgIpc) is 2.93. The van der Waals surface area contributed by atoms with Crippen LogP contribution in [0.2, 0.25) is 0 Å². The molecule has 2 aromatic rings. The summed E-state index contributed by atoms with van der Waals surface area (Å²) in [6, 6.07) is 11.1. The van der Waals surface area contributed by atoms with Crippen molar-refractivity contribution in [1.82, 2.24) is 9.80 Å². The van der Waals surface area contributed by atoms with Crippen LogP contribution in [0.4, 0.5) is 0 Å². The zero-order valence-corrected chi connectivity index (χ0v) is 14.3. The first kappa shape index (κ1) is 14.9. The molecule has 1 aromatic heterocycles. The third kappa shape index (κ3) is 3.06. The van der Waals surface area contributed by atoms with Crippen molar-refractivity contribution >= 4 is 17.2 Å². The van der Waals surface area contributed by atoms with Crippen molar-refractivity contribution in [3.05, 3.63) is 57.3 Å². The van der Waals surface area contributed by atoms with Gasteiger partial charge >= 0.3 is 0 Å². The Morgan fingerprint density at radius 1 is 1.30 bits per heavy atom. The monoisotopic (exact) mass is 326 g/mol. The molecule has 0 radical (unpaired) electrons. The Hall–Kier alpha value is -1.65. The van der Waals surface area contributed by atoms with Gasteiger partial charge in [-0.15, -0.1) is 11.3 Å². The van der Waals surface area contributed by atoms with Crippen LogP contribution in [-0.2, 0) is 24.2 Å². The number of aryl methyl sites for hydroxylation is 1. The molecule has 120 valence electrons. The lowest BCUT2D eigenvalue weighted by atomic mass is 10.0. The zero-order valence-electron chi connectivity index (χ0n) is 13.5. The highest BCUT2D eigenvalue weighted by molar-refractivity contribution is 7.10. The highest BCUT2D eigenvalue weighted by Crippen LogP contribution is 2.27. The lowest BCUT2D eigenvalue weighted by Crippen LogP contribution is -2.61. The van der Waals surface area contributed by atoms with E-state index in [0.717, 1.165) is 31.7 Å². The van der Waals surface area contributed by atoms with E-state index in [1.165, 1.54) is 17.5 Å². The van der Waals surface area contributed by atoms with Crippen molar-refractivity contribution in [1.29, 1.82) is 0 Å². The summed E-state index contributed by atoms with van der Waals surface area (Å²) in [6.45, 7) is 6.05. The normalized spacial score (nSPS) is 18.6. The lowest BCUT2D eigenvalue weighted by Gasteiger charge is -2.46. The minimum atomic E-state index is 0.264. The Morgan fingerprint density at radius 2 is 2.17 bits per heavy atom. The largest absolute Gasteiger partial charge is 0.339 e. The van der Waals surface area contributed by atoms with Crippen LogP contribution >= 0.6 is 11.3 Å². The topological polar surface area (TPSA) is 23.6 Å². The average molecular weight is 326 g/mol. The second-order valence-corrected chi connectivity index (χ2v) is 7.71. The first-order valence-electron chi connectivity index (χ1n) is 8.31. The van der Waals surface area contributed by atoms with E-state index in [1.807, 2.05) is 28.4 Å². The van der Waals surface area contributed by atoms with E-state index in [0.29, 0.717) is 12.5 Å². The van der Waals surface area contributed by atoms with Crippen LogP contribution in [0.1, 0.15) is 21.6 Å². The van der Waals surface area contributed by atoms with Crippen molar-refractivity contribution in [2.75, 3.05) is 19.6 Å². The summed E-state index contributed by atoms with van der Waals surface area (Å²) in [5.74, 6) is 0.264. The number of thiophene rings is 1. The fraction of sp³-hybridized carbons (Fsp3) is 0.421. The lowest BCUT2D eigenvalue weighted by molar-refractivity contribution is -0.138. The minimum Gasteiger partial charge on any atom is -0.339 e. The van der Waals surface area contributed by atoms with Gasteiger partial charge in [0.25, 0.3) is 0 Å². The van der Waals surface area contributed by atoms with Crippen molar-refractivity contribution < 1.29 is 4.79 Å². The van der Waals surface area contributed by atoms with Crippen molar-refractivity contribution in [2.24, 2.45) is 0 Å². The predicted octanol–water partition coefficient (Wildman–Crippen LogP) is 2.87. The van der Waals surface area contributed by atoms with Gasteiger partial charge in [-0.2, -0.15) is 0 Å². The van der Waals surface area contributed by atoms with E-state index < -0.39 is 0 Å². The molecule has 3 nitrogen and oxygen atoms in total. The summed E-state index contributed by atoms with van der Waals surface area (Å²) in [6.07, 6.45) is 1.70. The van der Waals surface area contributed by atoms with Crippen molar-refractivity contribution in [3.63, 3.8) is 0 Å². The maximum absolute atomic E-state index is 12.4. The van der Waals surface area contributed by atoms with Crippen molar-refractivity contribution in [3.8, 4) is 0 Å². The quantitative estimate of drug-likeness (QED) is 0.866. The standard InChI is InChI=1S/C19H22N2OS/c1-14-3-2-4-15(9-14)10-19(22)21-12-17(13-21)20-7-5-18-16(11-20)6-8-23-18/h2-4,6,8-9,17H,5,7,10-13H2,1H3. The molecule has 3 heterocycles. The molecule has 1 amide bonds. The molecule has 0 atom stereocenters. The van der Waals surface area contributed by atoms with Crippen LogP contribution in [0.25, 0.3) is 0 Å². The Labute approximate surface area is 141 Å². The third-order valence-electron chi connectivity index (χ3n) is 5.01. The molecule has 1 fully saturated rings. The van der Waals surface area contributed by atoms with E-state index in [1.54, 1.807) is 4.88 Å². The summed E-state index contributed by atoms with van der Waals surface area (Å²) in [5.41, 5.74) is 3.83. The molecule has 4 rings (SSSR count). The maximum atomic E-state index is 12.4. The first-order valence-corrected chi connectivity index (χ1v) is 9.19. The van der Waals surface area contributed by atoms with Crippen LogP contribution in [0, 0.1) is 6.92 Å². The smallest absolute Gasteiger partial charge is 0.227 e. The van der Waals surface area contributed by atoms with Gasteiger partial charge in [-0.3, -0.25) is 9.69 Å².